The Morgan fingerprint density at radius 1 is 1.25 bits per heavy atom. The van der Waals surface area contributed by atoms with Crippen LogP contribution in [0.3, 0.4) is 0 Å². The highest BCUT2D eigenvalue weighted by atomic mass is 79.9. The number of nitrogens with one attached hydrogen (secondary N) is 2. The van der Waals surface area contributed by atoms with E-state index in [0.29, 0.717) is 30.0 Å². The van der Waals surface area contributed by atoms with Gasteiger partial charge >= 0.3 is 0 Å². The molecule has 0 aliphatic carbocycles. The van der Waals surface area contributed by atoms with Crippen molar-refractivity contribution in [2.75, 3.05) is 13.1 Å². The molecule has 28 heavy (non-hydrogen) atoms. The molecule has 1 aliphatic rings. The molecule has 4 rings (SSSR count). The van der Waals surface area contributed by atoms with Gasteiger partial charge < -0.3 is 15.2 Å². The largest absolute Gasteiger partial charge is 0.346 e. The number of imidazole rings is 1. The summed E-state index contributed by atoms with van der Waals surface area (Å²) in [5, 5.41) is 3.90. The number of hydrogen-bond donors (Lipinski definition) is 2. The van der Waals surface area contributed by atoms with Crippen LogP contribution >= 0.6 is 15.9 Å². The highest BCUT2D eigenvalue weighted by Crippen LogP contribution is 2.22. The van der Waals surface area contributed by atoms with E-state index in [1.54, 1.807) is 23.4 Å². The van der Waals surface area contributed by atoms with E-state index >= 15 is 0 Å². The number of piperidine rings is 1. The Morgan fingerprint density at radius 2 is 2.11 bits per heavy atom. The minimum atomic E-state index is -0.252. The number of fused-ring (bicyclic) bond motifs is 1. The molecule has 0 saturated carbocycles. The van der Waals surface area contributed by atoms with E-state index in [4.69, 9.17) is 0 Å². The maximum Gasteiger partial charge on any atom is 0.271 e. The molecule has 3 aromatic rings. The van der Waals surface area contributed by atoms with Crippen molar-refractivity contribution in [2.24, 2.45) is 5.92 Å². The van der Waals surface area contributed by atoms with E-state index in [-0.39, 0.29) is 23.8 Å². The number of pyridine rings is 2. The number of H-pyrrole nitrogens is 1. The van der Waals surface area contributed by atoms with Crippen LogP contribution in [0, 0.1) is 5.92 Å². The Hall–Kier alpha value is -2.81. The molecule has 2 amide bonds. The van der Waals surface area contributed by atoms with Crippen molar-refractivity contribution in [3.8, 4) is 0 Å². The van der Waals surface area contributed by atoms with Crippen LogP contribution in [0.2, 0.25) is 0 Å². The Bertz CT molecular complexity index is 1020. The van der Waals surface area contributed by atoms with Gasteiger partial charge in [-0.2, -0.15) is 0 Å². The van der Waals surface area contributed by atoms with E-state index in [0.717, 1.165) is 16.3 Å². The van der Waals surface area contributed by atoms with Gasteiger partial charge in [-0.25, -0.2) is 9.97 Å². The molecule has 0 aromatic carbocycles. The molecule has 1 saturated heterocycles. The Balaban J connectivity index is 1.50. The van der Waals surface area contributed by atoms with Crippen molar-refractivity contribution >= 4 is 38.6 Å². The summed E-state index contributed by atoms with van der Waals surface area (Å²) < 4.78 is 0.738. The number of aromatic nitrogens is 4. The lowest BCUT2D eigenvalue weighted by atomic mass is 9.93. The third-order valence-corrected chi connectivity index (χ3v) is 5.66. The number of carbonyl (C=O) groups excluding carboxylic acids is 2. The summed E-state index contributed by atoms with van der Waals surface area (Å²) in [6.45, 7) is 3.19. The summed E-state index contributed by atoms with van der Waals surface area (Å²) in [5.74, 6) is -0.103. The van der Waals surface area contributed by atoms with Gasteiger partial charge in [0.2, 0.25) is 0 Å². The monoisotopic (exact) mass is 442 g/mol. The van der Waals surface area contributed by atoms with Gasteiger partial charge in [-0.1, -0.05) is 6.92 Å². The fourth-order valence-electron chi connectivity index (χ4n) is 3.36. The van der Waals surface area contributed by atoms with Crippen molar-refractivity contribution in [3.63, 3.8) is 0 Å². The number of hydrogen-bond acceptors (Lipinski definition) is 5. The summed E-state index contributed by atoms with van der Waals surface area (Å²) in [7, 11) is 0. The minimum Gasteiger partial charge on any atom is -0.346 e. The van der Waals surface area contributed by atoms with Crippen LogP contribution < -0.4 is 5.32 Å². The van der Waals surface area contributed by atoms with Crippen LogP contribution in [0.4, 0.5) is 0 Å². The maximum absolute atomic E-state index is 12.8. The van der Waals surface area contributed by atoms with Gasteiger partial charge in [-0.15, -0.1) is 0 Å². The first-order chi connectivity index (χ1) is 13.5. The van der Waals surface area contributed by atoms with Gasteiger partial charge in [0.25, 0.3) is 11.8 Å². The molecule has 2 unspecified atom stereocenters. The first kappa shape index (κ1) is 18.5. The van der Waals surface area contributed by atoms with E-state index in [9.17, 15) is 9.59 Å². The van der Waals surface area contributed by atoms with Crippen molar-refractivity contribution in [1.82, 2.24) is 30.2 Å². The first-order valence-electron chi connectivity index (χ1n) is 9.01. The van der Waals surface area contributed by atoms with Crippen molar-refractivity contribution in [2.45, 2.75) is 19.4 Å². The summed E-state index contributed by atoms with van der Waals surface area (Å²) in [4.78, 5) is 42.4. The lowest BCUT2D eigenvalue weighted by Gasteiger charge is -2.37. The molecule has 1 aliphatic heterocycles. The summed E-state index contributed by atoms with van der Waals surface area (Å²) in [6.07, 6.45) is 7.17. The van der Waals surface area contributed by atoms with Crippen LogP contribution in [-0.2, 0) is 0 Å². The number of carbonyl (C=O) groups is 2. The van der Waals surface area contributed by atoms with Crippen molar-refractivity contribution in [1.29, 1.82) is 0 Å². The molecule has 0 radical (unpaired) electrons. The molecule has 3 aromatic heterocycles. The second kappa shape index (κ2) is 7.67. The lowest BCUT2D eigenvalue weighted by Crippen LogP contribution is -2.53. The fourth-order valence-corrected chi connectivity index (χ4v) is 3.80. The van der Waals surface area contributed by atoms with Crippen LogP contribution in [0.25, 0.3) is 10.9 Å². The number of halogens is 1. The molecule has 9 heteroatoms. The van der Waals surface area contributed by atoms with E-state index in [1.807, 2.05) is 6.07 Å². The number of nitrogens with zero attached hydrogens (tertiary/aromatic N) is 4. The third-order valence-electron chi connectivity index (χ3n) is 5.08. The second-order valence-corrected chi connectivity index (χ2v) is 7.81. The van der Waals surface area contributed by atoms with Crippen LogP contribution in [0.1, 0.15) is 34.3 Å². The van der Waals surface area contributed by atoms with Crippen LogP contribution in [0.5, 0.6) is 0 Å². The Morgan fingerprint density at radius 3 is 2.89 bits per heavy atom. The molecule has 2 atom stereocenters. The zero-order valence-corrected chi connectivity index (χ0v) is 16.8. The number of aromatic amines is 1. The maximum atomic E-state index is 12.8. The highest BCUT2D eigenvalue weighted by Gasteiger charge is 2.31. The number of amides is 2. The third kappa shape index (κ3) is 3.62. The van der Waals surface area contributed by atoms with Gasteiger partial charge in [0.15, 0.2) is 0 Å². The standard InChI is InChI=1S/C19H19BrN6O2/c1-11-4-5-26(19(28)15-8-22-10-23-15)9-16(11)25-18(27)14-3-2-12-6-21-7-13(20)17(12)24-14/h2-3,6-8,10-11,16H,4-5,9H2,1H3,(H,22,23)(H,25,27). The zero-order valence-electron chi connectivity index (χ0n) is 15.2. The molecule has 8 nitrogen and oxygen atoms in total. The SMILES string of the molecule is CC1CCN(C(=O)c2cnc[nH]2)CC1NC(=O)c1ccc2cncc(Br)c2n1. The van der Waals surface area contributed by atoms with Crippen LogP contribution in [0.15, 0.2) is 41.5 Å². The smallest absolute Gasteiger partial charge is 0.271 e. The first-order valence-corrected chi connectivity index (χ1v) is 9.81. The van der Waals surface area contributed by atoms with Crippen molar-refractivity contribution in [3.05, 3.63) is 52.9 Å². The molecule has 0 spiro atoms. The molecule has 144 valence electrons. The van der Waals surface area contributed by atoms with E-state index in [1.165, 1.54) is 12.5 Å². The zero-order chi connectivity index (χ0) is 19.7. The van der Waals surface area contributed by atoms with E-state index < -0.39 is 0 Å². The quantitative estimate of drug-likeness (QED) is 0.647. The van der Waals surface area contributed by atoms with Gasteiger partial charge in [-0.3, -0.25) is 14.6 Å². The predicted molar refractivity (Wildman–Crippen MR) is 107 cm³/mol. The Labute approximate surface area is 169 Å². The summed E-state index contributed by atoms with van der Waals surface area (Å²) in [5.41, 5.74) is 1.48. The molecular weight excluding hydrogens is 424 g/mol. The van der Waals surface area contributed by atoms with Gasteiger partial charge in [-0.05, 0) is 40.4 Å². The van der Waals surface area contributed by atoms with Gasteiger partial charge in [0.05, 0.1) is 22.5 Å². The molecule has 4 heterocycles. The average molecular weight is 443 g/mol. The van der Waals surface area contributed by atoms with E-state index in [2.05, 4.69) is 48.1 Å². The van der Waals surface area contributed by atoms with Crippen molar-refractivity contribution < 1.29 is 9.59 Å². The molecule has 2 N–H and O–H groups in total. The average Bonchev–Trinajstić information content (AvgIpc) is 3.24. The molecule has 0 bridgehead atoms. The lowest BCUT2D eigenvalue weighted by molar-refractivity contribution is 0.0619. The van der Waals surface area contributed by atoms with Gasteiger partial charge in [0.1, 0.15) is 11.4 Å². The predicted octanol–water partition coefficient (Wildman–Crippen LogP) is 2.40. The van der Waals surface area contributed by atoms with Crippen LogP contribution in [-0.4, -0.2) is 55.8 Å². The minimum absolute atomic E-state index is 0.107. The number of rotatable bonds is 3. The summed E-state index contributed by atoms with van der Waals surface area (Å²) in [6, 6.07) is 3.37. The molecule has 1 fully saturated rings. The topological polar surface area (TPSA) is 104 Å². The second-order valence-electron chi connectivity index (χ2n) is 6.95. The summed E-state index contributed by atoms with van der Waals surface area (Å²) >= 11 is 3.42. The highest BCUT2D eigenvalue weighted by molar-refractivity contribution is 9.10. The molecular formula is C19H19BrN6O2. The normalized spacial score (nSPS) is 19.6. The fraction of sp³-hybridized carbons (Fsp3) is 0.316. The Kier molecular flexibility index (Phi) is 5.08. The van der Waals surface area contributed by atoms with Gasteiger partial charge in [0, 0.05) is 36.9 Å². The number of likely N-dealkylation sites (tertiary alicyclic amines) is 1.